The lowest BCUT2D eigenvalue weighted by Gasteiger charge is -2.22. The highest BCUT2D eigenvalue weighted by atomic mass is 19.4. The van der Waals surface area contributed by atoms with Crippen molar-refractivity contribution in [1.82, 2.24) is 4.98 Å². The summed E-state index contributed by atoms with van der Waals surface area (Å²) in [6.07, 6.45) is 1.23. The molecule has 4 aromatic rings. The highest BCUT2D eigenvalue weighted by molar-refractivity contribution is 6.02. The first-order chi connectivity index (χ1) is 20.6. The van der Waals surface area contributed by atoms with E-state index in [2.05, 4.69) is 65.1 Å². The second-order valence-electron chi connectivity index (χ2n) is 10.6. The van der Waals surface area contributed by atoms with Gasteiger partial charge in [-0.15, -0.1) is 0 Å². The standard InChI is InChI=1S/C27H29F2N3.C8H7F3/c1-3-16-32(17-4-2)26-15-12-21(18-30-26)19-8-10-20(11-9-19)24-13-14-25(31-24)27-22(28)6-5-7-23(27)29;1-6-3-2-4-7(5-6)8(9,10)11/h5-12,15,18,24H,3-4,13-14,16-17H2,1-2H3;2-5H,1H3. The Balaban J connectivity index is 0.000000324. The minimum atomic E-state index is -4.22. The zero-order chi connectivity index (χ0) is 31.0. The summed E-state index contributed by atoms with van der Waals surface area (Å²) < 4.78 is 64.1. The maximum absolute atomic E-state index is 14.1. The van der Waals surface area contributed by atoms with Gasteiger partial charge in [0.2, 0.25) is 0 Å². The molecule has 5 rings (SSSR count). The molecule has 3 nitrogen and oxygen atoms in total. The molecule has 2 heterocycles. The van der Waals surface area contributed by atoms with E-state index in [0.29, 0.717) is 17.7 Å². The van der Waals surface area contributed by atoms with Gasteiger partial charge in [0.1, 0.15) is 17.5 Å². The maximum Gasteiger partial charge on any atom is 0.416 e. The van der Waals surface area contributed by atoms with Crippen molar-refractivity contribution in [3.63, 3.8) is 0 Å². The van der Waals surface area contributed by atoms with Crippen molar-refractivity contribution in [2.45, 2.75) is 58.7 Å². The van der Waals surface area contributed by atoms with Gasteiger partial charge in [0, 0.05) is 30.6 Å². The van der Waals surface area contributed by atoms with E-state index in [0.717, 1.165) is 67.0 Å². The van der Waals surface area contributed by atoms with E-state index in [-0.39, 0.29) is 11.6 Å². The van der Waals surface area contributed by atoms with Crippen molar-refractivity contribution in [2.24, 2.45) is 4.99 Å². The van der Waals surface area contributed by atoms with Crippen molar-refractivity contribution in [2.75, 3.05) is 18.0 Å². The first-order valence-electron chi connectivity index (χ1n) is 14.6. The summed E-state index contributed by atoms with van der Waals surface area (Å²) in [5.74, 6) is -0.0819. The fourth-order valence-electron chi connectivity index (χ4n) is 5.14. The summed E-state index contributed by atoms with van der Waals surface area (Å²) in [6, 6.07) is 21.5. The Morgan fingerprint density at radius 3 is 1.98 bits per heavy atom. The van der Waals surface area contributed by atoms with Crippen LogP contribution in [-0.4, -0.2) is 23.8 Å². The average molecular weight is 594 g/mol. The van der Waals surface area contributed by atoms with E-state index in [4.69, 9.17) is 0 Å². The molecule has 0 radical (unpaired) electrons. The Hall–Kier alpha value is -4.07. The molecule has 1 aliphatic rings. The number of benzene rings is 3. The van der Waals surface area contributed by atoms with Gasteiger partial charge in [-0.25, -0.2) is 13.8 Å². The topological polar surface area (TPSA) is 28.5 Å². The summed E-state index contributed by atoms with van der Waals surface area (Å²) in [4.78, 5) is 11.6. The van der Waals surface area contributed by atoms with Crippen LogP contribution >= 0.6 is 0 Å². The van der Waals surface area contributed by atoms with Gasteiger partial charge in [-0.3, -0.25) is 4.99 Å². The number of rotatable bonds is 8. The van der Waals surface area contributed by atoms with Crippen LogP contribution in [0.25, 0.3) is 11.1 Å². The average Bonchev–Trinajstić information content (AvgIpc) is 3.47. The van der Waals surface area contributed by atoms with Crippen LogP contribution in [0.1, 0.15) is 67.8 Å². The number of halogens is 5. The Labute approximate surface area is 250 Å². The molecule has 0 aliphatic carbocycles. The third-order valence-corrected chi connectivity index (χ3v) is 7.25. The number of pyridine rings is 1. The molecule has 1 atom stereocenters. The van der Waals surface area contributed by atoms with Gasteiger partial charge >= 0.3 is 6.18 Å². The van der Waals surface area contributed by atoms with E-state index in [1.807, 2.05) is 6.20 Å². The maximum atomic E-state index is 14.1. The fraction of sp³-hybridized carbons (Fsp3) is 0.314. The normalized spacial score (nSPS) is 14.6. The molecule has 43 heavy (non-hydrogen) atoms. The van der Waals surface area contributed by atoms with E-state index in [1.54, 1.807) is 13.0 Å². The van der Waals surface area contributed by atoms with Gasteiger partial charge < -0.3 is 4.90 Å². The number of alkyl halides is 3. The molecule has 8 heteroatoms. The van der Waals surface area contributed by atoms with Gasteiger partial charge in [0.25, 0.3) is 0 Å². The van der Waals surface area contributed by atoms with Crippen LogP contribution in [0.3, 0.4) is 0 Å². The van der Waals surface area contributed by atoms with E-state index in [1.165, 1.54) is 24.3 Å². The number of aromatic nitrogens is 1. The molecule has 0 fully saturated rings. The first-order valence-corrected chi connectivity index (χ1v) is 14.6. The van der Waals surface area contributed by atoms with Crippen LogP contribution in [0.2, 0.25) is 0 Å². The molecule has 0 spiro atoms. The summed E-state index contributed by atoms with van der Waals surface area (Å²) in [5, 5.41) is 0. The number of hydrogen-bond acceptors (Lipinski definition) is 3. The summed E-state index contributed by atoms with van der Waals surface area (Å²) in [6.45, 7) is 8.02. The third kappa shape index (κ3) is 8.27. The Morgan fingerprint density at radius 1 is 0.814 bits per heavy atom. The molecule has 1 unspecified atom stereocenters. The van der Waals surface area contributed by atoms with Crippen LogP contribution in [0, 0.1) is 18.6 Å². The van der Waals surface area contributed by atoms with Gasteiger partial charge in [0.15, 0.2) is 0 Å². The lowest BCUT2D eigenvalue weighted by molar-refractivity contribution is -0.137. The highest BCUT2D eigenvalue weighted by Crippen LogP contribution is 2.34. The minimum absolute atomic E-state index is 0.0120. The fourth-order valence-corrected chi connectivity index (χ4v) is 5.14. The molecular formula is C35H36F5N3. The monoisotopic (exact) mass is 593 g/mol. The SMILES string of the molecule is CCCN(CCC)c1ccc(-c2ccc(C3CCC(c4c(F)cccc4F)=N3)cc2)cn1.Cc1cccc(C(F)(F)F)c1. The van der Waals surface area contributed by atoms with Crippen LogP contribution < -0.4 is 4.90 Å². The van der Waals surface area contributed by atoms with Gasteiger partial charge in [0.05, 0.1) is 17.2 Å². The molecule has 0 bridgehead atoms. The van der Waals surface area contributed by atoms with Crippen molar-refractivity contribution >= 4 is 11.5 Å². The molecule has 0 N–H and O–H groups in total. The number of aryl methyl sites for hydroxylation is 1. The quantitative estimate of drug-likeness (QED) is 0.190. The molecule has 0 amide bonds. The van der Waals surface area contributed by atoms with Crippen LogP contribution in [0.5, 0.6) is 0 Å². The third-order valence-electron chi connectivity index (χ3n) is 7.25. The van der Waals surface area contributed by atoms with Crippen molar-refractivity contribution in [1.29, 1.82) is 0 Å². The zero-order valence-corrected chi connectivity index (χ0v) is 24.6. The van der Waals surface area contributed by atoms with Crippen molar-refractivity contribution in [3.8, 4) is 11.1 Å². The minimum Gasteiger partial charge on any atom is -0.357 e. The van der Waals surface area contributed by atoms with E-state index >= 15 is 0 Å². The molecule has 3 aromatic carbocycles. The number of anilines is 1. The number of aliphatic imine (C=N–C) groups is 1. The van der Waals surface area contributed by atoms with Crippen molar-refractivity contribution in [3.05, 3.63) is 119 Å². The zero-order valence-electron chi connectivity index (χ0n) is 24.6. The molecule has 0 saturated carbocycles. The van der Waals surface area contributed by atoms with Gasteiger partial charge in [-0.1, -0.05) is 67.9 Å². The second-order valence-corrected chi connectivity index (χ2v) is 10.6. The Bertz CT molecular complexity index is 1490. The van der Waals surface area contributed by atoms with Crippen molar-refractivity contribution < 1.29 is 22.0 Å². The smallest absolute Gasteiger partial charge is 0.357 e. The molecule has 1 aromatic heterocycles. The molecule has 226 valence electrons. The number of hydrogen-bond donors (Lipinski definition) is 0. The molecule has 1 aliphatic heterocycles. The van der Waals surface area contributed by atoms with Crippen LogP contribution in [-0.2, 0) is 6.18 Å². The lowest BCUT2D eigenvalue weighted by atomic mass is 10.00. The molecule has 0 saturated heterocycles. The predicted octanol–water partition coefficient (Wildman–Crippen LogP) is 9.99. The highest BCUT2D eigenvalue weighted by Gasteiger charge is 2.30. The Kier molecular flexibility index (Phi) is 10.7. The lowest BCUT2D eigenvalue weighted by Crippen LogP contribution is -2.25. The van der Waals surface area contributed by atoms with Gasteiger partial charge in [-0.2, -0.15) is 13.2 Å². The number of nitrogens with zero attached hydrogens (tertiary/aromatic N) is 3. The predicted molar refractivity (Wildman–Crippen MR) is 164 cm³/mol. The summed E-state index contributed by atoms with van der Waals surface area (Å²) in [7, 11) is 0. The first kappa shape index (κ1) is 31.9. The second kappa shape index (κ2) is 14.4. The van der Waals surface area contributed by atoms with E-state index in [9.17, 15) is 22.0 Å². The summed E-state index contributed by atoms with van der Waals surface area (Å²) in [5.41, 5.74) is 3.78. The van der Waals surface area contributed by atoms with Crippen LogP contribution in [0.4, 0.5) is 27.8 Å². The summed E-state index contributed by atoms with van der Waals surface area (Å²) >= 11 is 0. The largest absolute Gasteiger partial charge is 0.416 e. The Morgan fingerprint density at radius 2 is 1.44 bits per heavy atom. The van der Waals surface area contributed by atoms with E-state index < -0.39 is 23.4 Å². The van der Waals surface area contributed by atoms with Gasteiger partial charge in [-0.05, 0) is 74.1 Å². The van der Waals surface area contributed by atoms with Crippen LogP contribution in [0.15, 0.2) is 90.1 Å². The molecular weight excluding hydrogens is 557 g/mol.